The summed E-state index contributed by atoms with van der Waals surface area (Å²) in [5, 5.41) is 26.4. The van der Waals surface area contributed by atoms with Crippen LogP contribution in [0.1, 0.15) is 27.0 Å². The number of carboxylic acids is 1. The topological polar surface area (TPSA) is 150 Å². The summed E-state index contributed by atoms with van der Waals surface area (Å²) in [6.07, 6.45) is 1.55. The summed E-state index contributed by atoms with van der Waals surface area (Å²) in [7, 11) is 0. The molecule has 2 heterocycles. The van der Waals surface area contributed by atoms with Gasteiger partial charge in [-0.25, -0.2) is 9.48 Å². The van der Waals surface area contributed by atoms with Crippen molar-refractivity contribution < 1.29 is 32.7 Å². The van der Waals surface area contributed by atoms with Crippen LogP contribution >= 0.6 is 0 Å². The fourth-order valence-electron chi connectivity index (χ4n) is 3.28. The largest absolute Gasteiger partial charge is 0.490 e. The number of aromatic nitrogens is 3. The number of aryl methyl sites for hydroxylation is 1. The molecule has 0 bridgehead atoms. The molecule has 0 aliphatic heterocycles. The third kappa shape index (κ3) is 8.52. The number of pyridine rings is 1. The molecule has 2 aromatic carbocycles. The maximum absolute atomic E-state index is 12.8. The van der Waals surface area contributed by atoms with Gasteiger partial charge in [0.2, 0.25) is 5.91 Å². The molecule has 0 aliphatic rings. The molecule has 204 valence electrons. The van der Waals surface area contributed by atoms with Crippen LogP contribution in [0.25, 0.3) is 5.69 Å². The average molecular weight is 550 g/mol. The van der Waals surface area contributed by atoms with E-state index in [4.69, 9.17) is 9.90 Å². The molecular formula is C27H21F3N6O4. The Morgan fingerprint density at radius 1 is 1.00 bits per heavy atom. The first-order chi connectivity index (χ1) is 18.9. The quantitative estimate of drug-likeness (QED) is 0.320. The van der Waals surface area contributed by atoms with Crippen molar-refractivity contribution in [2.45, 2.75) is 19.5 Å². The number of aliphatic carboxylic acids is 1. The van der Waals surface area contributed by atoms with Gasteiger partial charge in [-0.05, 0) is 42.3 Å². The van der Waals surface area contributed by atoms with Crippen LogP contribution in [0, 0.1) is 18.3 Å². The Morgan fingerprint density at radius 2 is 1.70 bits per heavy atom. The number of benzene rings is 2. The highest BCUT2D eigenvalue weighted by Gasteiger charge is 2.38. The van der Waals surface area contributed by atoms with Crippen molar-refractivity contribution in [1.29, 1.82) is 5.26 Å². The lowest BCUT2D eigenvalue weighted by molar-refractivity contribution is -0.192. The Balaban J connectivity index is 0.000000559. The summed E-state index contributed by atoms with van der Waals surface area (Å²) >= 11 is 0. The van der Waals surface area contributed by atoms with Gasteiger partial charge < -0.3 is 15.7 Å². The molecule has 4 aromatic rings. The molecule has 0 saturated carbocycles. The summed E-state index contributed by atoms with van der Waals surface area (Å²) in [6, 6.07) is 18.1. The van der Waals surface area contributed by atoms with Gasteiger partial charge in [0, 0.05) is 11.8 Å². The van der Waals surface area contributed by atoms with Crippen molar-refractivity contribution >= 4 is 29.2 Å². The summed E-state index contributed by atoms with van der Waals surface area (Å²) in [6.45, 7) is 1.88. The van der Waals surface area contributed by atoms with Crippen LogP contribution in [0.3, 0.4) is 0 Å². The van der Waals surface area contributed by atoms with E-state index in [0.717, 1.165) is 11.1 Å². The van der Waals surface area contributed by atoms with Gasteiger partial charge >= 0.3 is 12.1 Å². The van der Waals surface area contributed by atoms with Crippen LogP contribution in [0.4, 0.5) is 24.5 Å². The number of anilines is 2. The molecule has 10 nitrogen and oxygen atoms in total. The van der Waals surface area contributed by atoms with E-state index in [1.165, 1.54) is 16.9 Å². The zero-order valence-electron chi connectivity index (χ0n) is 20.8. The number of carbonyl (C=O) groups is 3. The van der Waals surface area contributed by atoms with Crippen molar-refractivity contribution in [3.63, 3.8) is 0 Å². The number of halogens is 3. The minimum Gasteiger partial charge on any atom is -0.475 e. The van der Waals surface area contributed by atoms with E-state index in [-0.39, 0.29) is 18.2 Å². The zero-order valence-corrected chi connectivity index (χ0v) is 20.8. The number of hydrogen-bond donors (Lipinski definition) is 3. The number of amides is 2. The van der Waals surface area contributed by atoms with Crippen molar-refractivity contribution in [2.24, 2.45) is 0 Å². The Bertz CT molecular complexity index is 1560. The SMILES string of the molecule is Cc1cncc(NC(=O)c2cc(C#N)cc(-n3cc(NC(=O)Cc4ccccc4)cn3)c2)c1.O=C(O)C(F)(F)F. The van der Waals surface area contributed by atoms with Gasteiger partial charge in [-0.15, -0.1) is 0 Å². The Hall–Kier alpha value is -5.51. The molecule has 0 spiro atoms. The smallest absolute Gasteiger partial charge is 0.475 e. The lowest BCUT2D eigenvalue weighted by Gasteiger charge is -2.08. The number of nitriles is 1. The van der Waals surface area contributed by atoms with Crippen molar-refractivity contribution in [2.75, 3.05) is 10.6 Å². The molecule has 0 aliphatic carbocycles. The van der Waals surface area contributed by atoms with Crippen molar-refractivity contribution in [1.82, 2.24) is 14.8 Å². The van der Waals surface area contributed by atoms with Crippen LogP contribution in [0.2, 0.25) is 0 Å². The first kappa shape index (κ1) is 29.1. The number of carboxylic acid groups (broad SMARTS) is 1. The van der Waals surface area contributed by atoms with E-state index < -0.39 is 12.1 Å². The number of alkyl halides is 3. The van der Waals surface area contributed by atoms with Crippen molar-refractivity contribution in [3.8, 4) is 11.8 Å². The van der Waals surface area contributed by atoms with Crippen LogP contribution in [-0.2, 0) is 16.0 Å². The minimum absolute atomic E-state index is 0.168. The van der Waals surface area contributed by atoms with E-state index in [1.54, 1.807) is 36.8 Å². The van der Waals surface area contributed by atoms with E-state index in [0.29, 0.717) is 28.2 Å². The molecular weight excluding hydrogens is 529 g/mol. The van der Waals surface area contributed by atoms with E-state index in [1.807, 2.05) is 37.3 Å². The highest BCUT2D eigenvalue weighted by atomic mass is 19.4. The number of nitrogens with zero attached hydrogens (tertiary/aromatic N) is 4. The second-order valence-electron chi connectivity index (χ2n) is 8.27. The first-order valence-electron chi connectivity index (χ1n) is 11.4. The van der Waals surface area contributed by atoms with Gasteiger partial charge in [-0.3, -0.25) is 14.6 Å². The number of rotatable bonds is 6. The fourth-order valence-corrected chi connectivity index (χ4v) is 3.28. The number of carbonyl (C=O) groups excluding carboxylic acids is 2. The molecule has 0 atom stereocenters. The third-order valence-corrected chi connectivity index (χ3v) is 5.02. The Labute approximate surface area is 225 Å². The normalized spacial score (nSPS) is 10.5. The van der Waals surface area contributed by atoms with Crippen LogP contribution in [-0.4, -0.2) is 43.8 Å². The van der Waals surface area contributed by atoms with Gasteiger partial charge in [-0.1, -0.05) is 30.3 Å². The summed E-state index contributed by atoms with van der Waals surface area (Å²) < 4.78 is 33.2. The maximum atomic E-state index is 12.8. The molecule has 4 rings (SSSR count). The standard InChI is InChI=1S/C25H20N6O2.C2HF3O2/c1-17-7-21(14-27-13-17)30-25(33)20-8-19(12-26)9-23(11-20)31-16-22(15-28-31)29-24(32)10-18-5-3-2-4-6-18;3-2(4,5)1(6)7/h2-9,11,13-16H,10H2,1H3,(H,29,32)(H,30,33);(H,6,7). The van der Waals surface area contributed by atoms with Gasteiger partial charge in [0.1, 0.15) is 0 Å². The lowest BCUT2D eigenvalue weighted by atomic mass is 10.1. The molecule has 40 heavy (non-hydrogen) atoms. The summed E-state index contributed by atoms with van der Waals surface area (Å²) in [5.74, 6) is -3.30. The molecule has 0 saturated heterocycles. The lowest BCUT2D eigenvalue weighted by Crippen LogP contribution is -2.21. The summed E-state index contributed by atoms with van der Waals surface area (Å²) in [4.78, 5) is 38.0. The zero-order chi connectivity index (χ0) is 29.3. The predicted molar refractivity (Wildman–Crippen MR) is 138 cm³/mol. The molecule has 2 amide bonds. The van der Waals surface area contributed by atoms with Gasteiger partial charge in [0.15, 0.2) is 0 Å². The fraction of sp³-hybridized carbons (Fsp3) is 0.111. The molecule has 13 heteroatoms. The predicted octanol–water partition coefficient (Wildman–Crippen LogP) is 4.51. The van der Waals surface area contributed by atoms with E-state index >= 15 is 0 Å². The highest BCUT2D eigenvalue weighted by Crippen LogP contribution is 2.18. The minimum atomic E-state index is -5.08. The second kappa shape index (κ2) is 12.8. The molecule has 0 unspecified atom stereocenters. The third-order valence-electron chi connectivity index (χ3n) is 5.02. The van der Waals surface area contributed by atoms with Gasteiger partial charge in [-0.2, -0.15) is 23.5 Å². The molecule has 0 radical (unpaired) electrons. The molecule has 2 aromatic heterocycles. The van der Waals surface area contributed by atoms with Crippen LogP contribution < -0.4 is 10.6 Å². The summed E-state index contributed by atoms with van der Waals surface area (Å²) in [5.41, 5.74) is 4.02. The number of hydrogen-bond acceptors (Lipinski definition) is 6. The van der Waals surface area contributed by atoms with Gasteiger partial charge in [0.05, 0.1) is 53.7 Å². The van der Waals surface area contributed by atoms with E-state index in [9.17, 15) is 28.0 Å². The maximum Gasteiger partial charge on any atom is 0.490 e. The Kier molecular flexibility index (Phi) is 9.32. The van der Waals surface area contributed by atoms with Crippen LogP contribution in [0.5, 0.6) is 0 Å². The Morgan fingerprint density at radius 3 is 2.33 bits per heavy atom. The van der Waals surface area contributed by atoms with Gasteiger partial charge in [0.25, 0.3) is 5.91 Å². The monoisotopic (exact) mass is 550 g/mol. The second-order valence-corrected chi connectivity index (χ2v) is 8.27. The molecule has 0 fully saturated rings. The van der Waals surface area contributed by atoms with Crippen LogP contribution in [0.15, 0.2) is 79.4 Å². The highest BCUT2D eigenvalue weighted by molar-refractivity contribution is 6.04. The average Bonchev–Trinajstić information content (AvgIpc) is 3.37. The first-order valence-corrected chi connectivity index (χ1v) is 11.4. The van der Waals surface area contributed by atoms with E-state index in [2.05, 4.69) is 26.8 Å². The number of nitrogens with one attached hydrogen (secondary N) is 2. The van der Waals surface area contributed by atoms with Crippen molar-refractivity contribution in [3.05, 3.63) is 102 Å². The molecule has 3 N–H and O–H groups in total.